The molecule has 0 saturated carbocycles. The van der Waals surface area contributed by atoms with Crippen molar-refractivity contribution < 1.29 is 0 Å². The van der Waals surface area contributed by atoms with E-state index < -0.39 is 0 Å². The summed E-state index contributed by atoms with van der Waals surface area (Å²) in [6.07, 6.45) is 0. The summed E-state index contributed by atoms with van der Waals surface area (Å²) in [5.41, 5.74) is 11.3. The van der Waals surface area contributed by atoms with Gasteiger partial charge in [0.15, 0.2) is 0 Å². The van der Waals surface area contributed by atoms with Crippen LogP contribution in [-0.4, -0.2) is 15.8 Å². The summed E-state index contributed by atoms with van der Waals surface area (Å²) in [6.45, 7) is 20.1. The average molecular weight is 299 g/mol. The minimum absolute atomic E-state index is 0.0318. The lowest BCUT2D eigenvalue weighted by Crippen LogP contribution is -2.52. The minimum atomic E-state index is -0.259. The average Bonchev–Trinajstić information content (AvgIpc) is 2.53. The minimum Gasteiger partial charge on any atom is -0.303 e. The van der Waals surface area contributed by atoms with Crippen LogP contribution in [0, 0.1) is 27.7 Å². The first-order valence-electron chi connectivity index (χ1n) is 7.75. The Hall–Kier alpha value is -0.863. The van der Waals surface area contributed by atoms with Crippen molar-refractivity contribution in [2.24, 2.45) is 0 Å². The fourth-order valence-electron chi connectivity index (χ4n) is 3.62. The van der Waals surface area contributed by atoms with Crippen LogP contribution in [0.15, 0.2) is 5.57 Å². The lowest BCUT2D eigenvalue weighted by atomic mass is 9.86. The maximum Gasteiger partial charge on any atom is 0.0655 e. The third-order valence-corrected chi connectivity index (χ3v) is 5.88. The number of hydrogen-bond donors (Lipinski definition) is 1. The lowest BCUT2D eigenvalue weighted by molar-refractivity contribution is 0.360. The molecular formula is C19H28NSi. The zero-order valence-electron chi connectivity index (χ0n) is 15.0. The molecule has 3 radical (unpaired) electrons. The summed E-state index contributed by atoms with van der Waals surface area (Å²) in [5, 5.41) is 3.54. The molecule has 0 amide bonds. The summed E-state index contributed by atoms with van der Waals surface area (Å²) in [5.74, 6) is 0. The van der Waals surface area contributed by atoms with E-state index in [0.29, 0.717) is 0 Å². The van der Waals surface area contributed by atoms with Crippen molar-refractivity contribution in [2.45, 2.75) is 73.0 Å². The van der Waals surface area contributed by atoms with E-state index in [4.69, 9.17) is 0 Å². The van der Waals surface area contributed by atoms with Crippen molar-refractivity contribution in [1.82, 2.24) is 5.32 Å². The van der Waals surface area contributed by atoms with E-state index in [9.17, 15) is 0 Å². The molecule has 1 N–H and O–H groups in total. The van der Waals surface area contributed by atoms with Gasteiger partial charge in [-0.3, -0.25) is 0 Å². The standard InChI is InChI=1S/C19H28NSi/c1-10-11(2)13(4)17-16(12(10)3)14(5)15(6)19(17,21)20-18(7,8)9/h20H,1-9H3. The van der Waals surface area contributed by atoms with E-state index in [0.717, 1.165) is 0 Å². The smallest absolute Gasteiger partial charge is 0.0655 e. The fourth-order valence-corrected chi connectivity index (χ4v) is 4.50. The van der Waals surface area contributed by atoms with E-state index >= 15 is 0 Å². The van der Waals surface area contributed by atoms with E-state index in [1.165, 1.54) is 44.5 Å². The van der Waals surface area contributed by atoms with E-state index in [-0.39, 0.29) is 10.7 Å². The summed E-state index contributed by atoms with van der Waals surface area (Å²) < 4.78 is 0. The molecule has 1 unspecified atom stereocenters. The van der Waals surface area contributed by atoms with Crippen molar-refractivity contribution in [3.63, 3.8) is 0 Å². The monoisotopic (exact) mass is 298 g/mol. The van der Waals surface area contributed by atoms with Crippen molar-refractivity contribution in [1.29, 1.82) is 0 Å². The first kappa shape index (κ1) is 16.5. The highest BCUT2D eigenvalue weighted by molar-refractivity contribution is 6.21. The van der Waals surface area contributed by atoms with Gasteiger partial charge in [-0.15, -0.1) is 0 Å². The Bertz CT molecular complexity index is 647. The van der Waals surface area contributed by atoms with Crippen LogP contribution in [0.5, 0.6) is 0 Å². The molecule has 21 heavy (non-hydrogen) atoms. The van der Waals surface area contributed by atoms with Gasteiger partial charge in [-0.2, -0.15) is 0 Å². The molecule has 1 nitrogen and oxygen atoms in total. The number of allylic oxidation sites excluding steroid dienone is 1. The van der Waals surface area contributed by atoms with Crippen LogP contribution in [0.1, 0.15) is 68.0 Å². The molecule has 0 saturated heterocycles. The van der Waals surface area contributed by atoms with Gasteiger partial charge in [0.2, 0.25) is 0 Å². The maximum absolute atomic E-state index is 4.12. The Kier molecular flexibility index (Phi) is 3.79. The van der Waals surface area contributed by atoms with Crippen LogP contribution in [0.3, 0.4) is 0 Å². The summed E-state index contributed by atoms with van der Waals surface area (Å²) in [7, 11) is 4.12. The molecule has 2 heteroatoms. The normalized spacial score (nSPS) is 22.0. The Morgan fingerprint density at radius 2 is 1.29 bits per heavy atom. The Morgan fingerprint density at radius 1 is 0.810 bits per heavy atom. The highest BCUT2D eigenvalue weighted by atomic mass is 28.1. The van der Waals surface area contributed by atoms with E-state index in [1.807, 2.05) is 0 Å². The second-order valence-corrected chi connectivity index (χ2v) is 8.38. The molecule has 0 aliphatic heterocycles. The van der Waals surface area contributed by atoms with Crippen LogP contribution in [-0.2, 0) is 5.16 Å². The van der Waals surface area contributed by atoms with Crippen LogP contribution in [0.4, 0.5) is 0 Å². The Balaban J connectivity index is 2.84. The third-order valence-electron chi connectivity index (χ3n) is 5.12. The van der Waals surface area contributed by atoms with Crippen molar-refractivity contribution in [3.8, 4) is 0 Å². The molecule has 0 aromatic heterocycles. The topological polar surface area (TPSA) is 12.0 Å². The van der Waals surface area contributed by atoms with E-state index in [1.54, 1.807) is 0 Å². The largest absolute Gasteiger partial charge is 0.303 e. The Labute approximate surface area is 133 Å². The molecule has 1 atom stereocenters. The summed E-state index contributed by atoms with van der Waals surface area (Å²) in [6, 6.07) is 0. The molecular weight excluding hydrogens is 270 g/mol. The second-order valence-electron chi connectivity index (χ2n) is 7.62. The lowest BCUT2D eigenvalue weighted by Gasteiger charge is -2.39. The first-order chi connectivity index (χ1) is 9.42. The zero-order valence-corrected chi connectivity index (χ0v) is 16.0. The van der Waals surface area contributed by atoms with Crippen LogP contribution < -0.4 is 5.32 Å². The summed E-state index contributed by atoms with van der Waals surface area (Å²) in [4.78, 5) is 0. The van der Waals surface area contributed by atoms with Gasteiger partial charge in [0.1, 0.15) is 0 Å². The molecule has 1 aromatic rings. The second kappa shape index (κ2) is 4.82. The van der Waals surface area contributed by atoms with Crippen molar-refractivity contribution in [2.75, 3.05) is 0 Å². The maximum atomic E-state index is 4.12. The number of nitrogens with one attached hydrogen (secondary N) is 1. The van der Waals surface area contributed by atoms with Crippen molar-refractivity contribution >= 4 is 15.8 Å². The molecule has 2 rings (SSSR count). The predicted octanol–water partition coefficient (Wildman–Crippen LogP) is 4.44. The molecule has 0 bridgehead atoms. The van der Waals surface area contributed by atoms with Crippen LogP contribution in [0.25, 0.3) is 5.57 Å². The van der Waals surface area contributed by atoms with Crippen LogP contribution in [0.2, 0.25) is 0 Å². The zero-order chi connectivity index (χ0) is 16.3. The molecule has 0 fully saturated rings. The van der Waals surface area contributed by atoms with Crippen LogP contribution >= 0.6 is 0 Å². The molecule has 0 spiro atoms. The summed E-state index contributed by atoms with van der Waals surface area (Å²) >= 11 is 0. The van der Waals surface area contributed by atoms with Gasteiger partial charge in [0.25, 0.3) is 0 Å². The predicted molar refractivity (Wildman–Crippen MR) is 94.0 cm³/mol. The number of hydrogen-bond acceptors (Lipinski definition) is 1. The van der Waals surface area contributed by atoms with Gasteiger partial charge in [0.05, 0.1) is 10.2 Å². The SMILES string of the molecule is CC1=C(C)C([Si])(NC(C)(C)C)c2c(C)c(C)c(C)c(C)c21. The third kappa shape index (κ3) is 2.33. The highest BCUT2D eigenvalue weighted by Gasteiger charge is 2.42. The molecule has 1 aliphatic rings. The van der Waals surface area contributed by atoms with Gasteiger partial charge in [-0.25, -0.2) is 0 Å². The van der Waals surface area contributed by atoms with Gasteiger partial charge in [-0.1, -0.05) is 0 Å². The van der Waals surface area contributed by atoms with E-state index in [2.05, 4.69) is 77.9 Å². The number of fused-ring (bicyclic) bond motifs is 1. The van der Waals surface area contributed by atoms with Gasteiger partial charge < -0.3 is 5.32 Å². The molecule has 113 valence electrons. The number of benzene rings is 1. The van der Waals surface area contributed by atoms with Gasteiger partial charge >= 0.3 is 0 Å². The highest BCUT2D eigenvalue weighted by Crippen LogP contribution is 2.48. The molecule has 1 aliphatic carbocycles. The van der Waals surface area contributed by atoms with Crippen molar-refractivity contribution in [3.05, 3.63) is 39.0 Å². The van der Waals surface area contributed by atoms with Gasteiger partial charge in [0, 0.05) is 10.7 Å². The number of rotatable bonds is 1. The Morgan fingerprint density at radius 3 is 1.76 bits per heavy atom. The van der Waals surface area contributed by atoms with Gasteiger partial charge in [-0.05, 0) is 107 Å². The molecule has 1 aromatic carbocycles. The molecule has 0 heterocycles. The first-order valence-corrected chi connectivity index (χ1v) is 8.25. The fraction of sp³-hybridized carbons (Fsp3) is 0.579. The quantitative estimate of drug-likeness (QED) is 0.756.